The van der Waals surface area contributed by atoms with Crippen LogP contribution in [0.1, 0.15) is 12.0 Å². The van der Waals surface area contributed by atoms with Gasteiger partial charge in [0.15, 0.2) is 0 Å². The number of halogens is 3. The summed E-state index contributed by atoms with van der Waals surface area (Å²) in [5.74, 6) is 0. The first-order valence-electron chi connectivity index (χ1n) is 8.62. The highest BCUT2D eigenvalue weighted by atomic mass is 35.5. The fourth-order valence-electron chi connectivity index (χ4n) is 2.52. The maximum atomic E-state index is 11.4. The van der Waals surface area contributed by atoms with Gasteiger partial charge in [0, 0.05) is 58.8 Å². The second kappa shape index (κ2) is 19.5. The maximum Gasteiger partial charge on any atom is 0.407 e. The SMILES string of the molecule is Cl.Cl.Cl.NCCN(CCN)CCNC(O)CCN(Cc1ccccc1)C(=O)O. The molecule has 1 aromatic rings. The average Bonchev–Trinajstić information content (AvgIpc) is 2.59. The van der Waals surface area contributed by atoms with Crippen molar-refractivity contribution in [2.75, 3.05) is 45.8 Å². The van der Waals surface area contributed by atoms with Gasteiger partial charge in [-0.3, -0.25) is 10.2 Å². The van der Waals surface area contributed by atoms with Crippen molar-refractivity contribution >= 4 is 43.3 Å². The molecule has 1 unspecified atom stereocenters. The quantitative estimate of drug-likeness (QED) is 0.276. The molecule has 0 aliphatic carbocycles. The van der Waals surface area contributed by atoms with Crippen molar-refractivity contribution in [3.63, 3.8) is 0 Å². The third-order valence-electron chi connectivity index (χ3n) is 3.86. The minimum atomic E-state index is -0.992. The topological polar surface area (TPSA) is 128 Å². The van der Waals surface area contributed by atoms with Crippen LogP contribution in [0, 0.1) is 0 Å². The monoisotopic (exact) mass is 461 g/mol. The average molecular weight is 463 g/mol. The second-order valence-electron chi connectivity index (χ2n) is 5.87. The van der Waals surface area contributed by atoms with Gasteiger partial charge in [0.2, 0.25) is 0 Å². The van der Waals surface area contributed by atoms with Crippen LogP contribution < -0.4 is 16.8 Å². The van der Waals surface area contributed by atoms with E-state index < -0.39 is 12.3 Å². The fraction of sp³-hybridized carbons (Fsp3) is 0.588. The number of carboxylic acid groups (broad SMARTS) is 1. The molecule has 0 aliphatic heterocycles. The van der Waals surface area contributed by atoms with Crippen molar-refractivity contribution in [3.05, 3.63) is 35.9 Å². The van der Waals surface area contributed by atoms with Crippen LogP contribution in [0.2, 0.25) is 0 Å². The second-order valence-corrected chi connectivity index (χ2v) is 5.87. The summed E-state index contributed by atoms with van der Waals surface area (Å²) in [6.45, 7) is 4.55. The number of hydrogen-bond donors (Lipinski definition) is 5. The van der Waals surface area contributed by atoms with E-state index in [-0.39, 0.29) is 43.8 Å². The van der Waals surface area contributed by atoms with Crippen molar-refractivity contribution in [2.24, 2.45) is 11.5 Å². The van der Waals surface area contributed by atoms with Gasteiger partial charge in [-0.15, -0.1) is 37.2 Å². The maximum absolute atomic E-state index is 11.4. The normalized spacial score (nSPS) is 11.0. The van der Waals surface area contributed by atoms with Crippen LogP contribution in [0.25, 0.3) is 0 Å². The molecule has 0 fully saturated rings. The standard InChI is InChI=1S/C17H31N5O3.3ClH/c18-7-11-21(12-8-19)13-9-20-16(23)6-10-22(17(24)25)14-15-4-2-1-3-5-15;;;/h1-5,16,20,23H,6-14,18-19H2,(H,24,25);3*1H. The lowest BCUT2D eigenvalue weighted by atomic mass is 10.2. The Morgan fingerprint density at radius 2 is 1.57 bits per heavy atom. The van der Waals surface area contributed by atoms with E-state index in [0.29, 0.717) is 32.6 Å². The van der Waals surface area contributed by atoms with Gasteiger partial charge in [-0.05, 0) is 5.56 Å². The number of carbonyl (C=O) groups is 1. The number of aliphatic hydroxyl groups is 1. The van der Waals surface area contributed by atoms with E-state index in [4.69, 9.17) is 11.5 Å². The van der Waals surface area contributed by atoms with Gasteiger partial charge >= 0.3 is 6.09 Å². The number of hydrogen-bond acceptors (Lipinski definition) is 6. The van der Waals surface area contributed by atoms with E-state index in [9.17, 15) is 15.0 Å². The summed E-state index contributed by atoms with van der Waals surface area (Å²) in [4.78, 5) is 14.8. The molecule has 0 aromatic heterocycles. The Morgan fingerprint density at radius 3 is 2.07 bits per heavy atom. The molecule has 7 N–H and O–H groups in total. The Morgan fingerprint density at radius 1 is 1.00 bits per heavy atom. The summed E-state index contributed by atoms with van der Waals surface area (Å²) >= 11 is 0. The molecule has 0 saturated heterocycles. The molecule has 0 radical (unpaired) electrons. The molecular formula is C17H34Cl3N5O3. The van der Waals surface area contributed by atoms with E-state index >= 15 is 0 Å². The molecule has 0 saturated carbocycles. The highest BCUT2D eigenvalue weighted by Crippen LogP contribution is 2.06. The Kier molecular flexibility index (Phi) is 22.1. The molecular weight excluding hydrogens is 429 g/mol. The third-order valence-corrected chi connectivity index (χ3v) is 3.86. The lowest BCUT2D eigenvalue weighted by Crippen LogP contribution is -2.42. The zero-order chi connectivity index (χ0) is 18.5. The summed E-state index contributed by atoms with van der Waals surface area (Å²) in [5, 5.41) is 22.3. The molecule has 0 bridgehead atoms. The minimum absolute atomic E-state index is 0. The summed E-state index contributed by atoms with van der Waals surface area (Å²) < 4.78 is 0. The molecule has 11 heteroatoms. The Hall–Kier alpha value is -0.840. The molecule has 0 heterocycles. The van der Waals surface area contributed by atoms with Crippen molar-refractivity contribution in [1.29, 1.82) is 0 Å². The highest BCUT2D eigenvalue weighted by molar-refractivity contribution is 5.86. The van der Waals surface area contributed by atoms with Gasteiger partial charge < -0.3 is 26.6 Å². The van der Waals surface area contributed by atoms with E-state index in [1.807, 2.05) is 30.3 Å². The smallest absolute Gasteiger partial charge is 0.407 e. The number of nitrogens with zero attached hydrogens (tertiary/aromatic N) is 2. The first-order chi connectivity index (χ1) is 12.1. The predicted molar refractivity (Wildman–Crippen MR) is 120 cm³/mol. The van der Waals surface area contributed by atoms with Gasteiger partial charge in [-0.2, -0.15) is 0 Å². The van der Waals surface area contributed by atoms with Crippen LogP contribution in [0.15, 0.2) is 30.3 Å². The molecule has 166 valence electrons. The predicted octanol–water partition coefficient (Wildman–Crippen LogP) is 0.950. The van der Waals surface area contributed by atoms with Crippen LogP contribution in [-0.4, -0.2) is 78.1 Å². The van der Waals surface area contributed by atoms with Crippen LogP contribution in [0.5, 0.6) is 0 Å². The third kappa shape index (κ3) is 14.2. The van der Waals surface area contributed by atoms with Gasteiger partial charge in [0.25, 0.3) is 0 Å². The zero-order valence-electron chi connectivity index (χ0n) is 15.9. The molecule has 0 spiro atoms. The van der Waals surface area contributed by atoms with E-state index in [1.165, 1.54) is 4.90 Å². The lowest BCUT2D eigenvalue weighted by molar-refractivity contribution is 0.0978. The number of nitrogens with one attached hydrogen (secondary N) is 1. The molecule has 1 aromatic carbocycles. The number of rotatable bonds is 13. The molecule has 28 heavy (non-hydrogen) atoms. The summed E-state index contributed by atoms with van der Waals surface area (Å²) in [5.41, 5.74) is 12.0. The Bertz CT molecular complexity index is 482. The fourth-order valence-corrected chi connectivity index (χ4v) is 2.52. The molecule has 1 rings (SSSR count). The summed E-state index contributed by atoms with van der Waals surface area (Å²) in [6.07, 6.45) is -1.42. The van der Waals surface area contributed by atoms with E-state index in [1.54, 1.807) is 0 Å². The number of nitrogens with two attached hydrogens (primary N) is 2. The Balaban J connectivity index is -0.00000208. The van der Waals surface area contributed by atoms with Gasteiger partial charge in [-0.25, -0.2) is 4.79 Å². The van der Waals surface area contributed by atoms with Crippen molar-refractivity contribution in [1.82, 2.24) is 15.1 Å². The van der Waals surface area contributed by atoms with Gasteiger partial charge in [-0.1, -0.05) is 30.3 Å². The largest absolute Gasteiger partial charge is 0.465 e. The van der Waals surface area contributed by atoms with E-state index in [0.717, 1.165) is 25.2 Å². The van der Waals surface area contributed by atoms with Crippen LogP contribution in [-0.2, 0) is 6.54 Å². The van der Waals surface area contributed by atoms with E-state index in [2.05, 4.69) is 10.2 Å². The molecule has 8 nitrogen and oxygen atoms in total. The van der Waals surface area contributed by atoms with Crippen LogP contribution in [0.3, 0.4) is 0 Å². The summed E-state index contributed by atoms with van der Waals surface area (Å²) in [7, 11) is 0. The minimum Gasteiger partial charge on any atom is -0.465 e. The molecule has 1 amide bonds. The number of aliphatic hydroxyl groups excluding tert-OH is 1. The van der Waals surface area contributed by atoms with Gasteiger partial charge in [0.1, 0.15) is 6.23 Å². The lowest BCUT2D eigenvalue weighted by Gasteiger charge is -2.23. The zero-order valence-corrected chi connectivity index (χ0v) is 18.4. The van der Waals surface area contributed by atoms with Crippen LogP contribution in [0.4, 0.5) is 4.79 Å². The number of amides is 1. The van der Waals surface area contributed by atoms with Crippen molar-refractivity contribution < 1.29 is 15.0 Å². The Labute approximate surface area is 185 Å². The first kappa shape index (κ1) is 31.8. The highest BCUT2D eigenvalue weighted by Gasteiger charge is 2.14. The molecule has 0 aliphatic rings. The molecule has 1 atom stereocenters. The van der Waals surface area contributed by atoms with Gasteiger partial charge in [0.05, 0.1) is 0 Å². The van der Waals surface area contributed by atoms with Crippen LogP contribution >= 0.6 is 37.2 Å². The van der Waals surface area contributed by atoms with Crippen molar-refractivity contribution in [2.45, 2.75) is 19.2 Å². The number of benzene rings is 1. The first-order valence-corrected chi connectivity index (χ1v) is 8.62. The summed E-state index contributed by atoms with van der Waals surface area (Å²) in [6, 6.07) is 9.41. The van der Waals surface area contributed by atoms with Crippen molar-refractivity contribution in [3.8, 4) is 0 Å².